The molecule has 0 saturated heterocycles. The van der Waals surface area contributed by atoms with Crippen LogP contribution in [0.4, 0.5) is 0 Å². The Labute approximate surface area is 139 Å². The molecule has 0 fully saturated rings. The van der Waals surface area contributed by atoms with Crippen LogP contribution in [0.1, 0.15) is 59.8 Å². The van der Waals surface area contributed by atoms with Gasteiger partial charge < -0.3 is 0 Å². The average molecular weight is 349 g/mol. The van der Waals surface area contributed by atoms with E-state index in [-0.39, 0.29) is 0 Å². The Morgan fingerprint density at radius 3 is 2.14 bits per heavy atom. The van der Waals surface area contributed by atoms with Crippen LogP contribution in [0.3, 0.4) is 0 Å². The molecule has 116 valence electrons. The Kier molecular flexibility index (Phi) is 9.88. The Hall–Kier alpha value is -0.456. The van der Waals surface area contributed by atoms with Crippen molar-refractivity contribution in [1.82, 2.24) is 0 Å². The van der Waals surface area contributed by atoms with Crippen molar-refractivity contribution < 1.29 is 0 Å². The molecule has 0 bridgehead atoms. The molecule has 0 aliphatic rings. The average Bonchev–Trinajstić information content (AvgIpc) is 2.53. The first-order chi connectivity index (χ1) is 10.3. The van der Waals surface area contributed by atoms with E-state index in [1.807, 2.05) is 0 Å². The van der Waals surface area contributed by atoms with E-state index >= 15 is 0 Å². The Balaban J connectivity index is 2.97. The fraction of sp³-hybridized carbons (Fsp3) is 0.579. The molecule has 1 aromatic carbocycles. The summed E-state index contributed by atoms with van der Waals surface area (Å²) in [6.45, 7) is 10.2. The van der Waals surface area contributed by atoms with E-state index in [1.54, 1.807) is 9.94 Å². The third kappa shape index (κ3) is 6.45. The molecule has 0 atom stereocenters. The standard InChI is InChI=1S/C19H31BSe/c1-5-9-11-16-19(18(6-2)20(7-3)8-4)21-17-14-12-10-13-15-17/h10,12-15H,5-9,11,16H2,1-4H3/b19-18-. The van der Waals surface area contributed by atoms with Crippen molar-refractivity contribution in [3.63, 3.8) is 0 Å². The van der Waals surface area contributed by atoms with Gasteiger partial charge in [-0.15, -0.1) is 0 Å². The van der Waals surface area contributed by atoms with Gasteiger partial charge in [0.15, 0.2) is 0 Å². The van der Waals surface area contributed by atoms with Gasteiger partial charge in [-0.3, -0.25) is 0 Å². The van der Waals surface area contributed by atoms with Gasteiger partial charge in [-0.25, -0.2) is 0 Å². The van der Waals surface area contributed by atoms with Crippen LogP contribution in [0.2, 0.25) is 12.6 Å². The number of hydrogen-bond acceptors (Lipinski definition) is 0. The molecule has 0 spiro atoms. The molecule has 0 amide bonds. The van der Waals surface area contributed by atoms with Gasteiger partial charge in [0.2, 0.25) is 0 Å². The number of rotatable bonds is 10. The van der Waals surface area contributed by atoms with Crippen molar-refractivity contribution in [2.24, 2.45) is 0 Å². The van der Waals surface area contributed by atoms with E-state index in [0.29, 0.717) is 15.0 Å². The van der Waals surface area contributed by atoms with E-state index < -0.39 is 0 Å². The number of allylic oxidation sites excluding steroid dienone is 2. The first-order valence-electron chi connectivity index (χ1n) is 8.71. The SMILES string of the molecule is CCCCC/C([Se]c1ccccc1)=C(\CC)B(CC)CC. The second-order valence-corrected chi connectivity index (χ2v) is 8.14. The molecule has 0 saturated carbocycles. The summed E-state index contributed by atoms with van der Waals surface area (Å²) < 4.78 is 3.33. The molecule has 2 heteroatoms. The monoisotopic (exact) mass is 350 g/mol. The van der Waals surface area contributed by atoms with Crippen LogP contribution in [-0.4, -0.2) is 21.7 Å². The zero-order valence-corrected chi connectivity index (χ0v) is 16.0. The van der Waals surface area contributed by atoms with Crippen molar-refractivity contribution in [3.05, 3.63) is 40.3 Å². The first kappa shape index (κ1) is 18.6. The predicted octanol–water partition coefficient (Wildman–Crippen LogP) is 5.33. The third-order valence-electron chi connectivity index (χ3n) is 4.21. The summed E-state index contributed by atoms with van der Waals surface area (Å²) in [7, 11) is 0. The van der Waals surface area contributed by atoms with Crippen molar-refractivity contribution in [2.45, 2.75) is 72.4 Å². The molecule has 21 heavy (non-hydrogen) atoms. The molecule has 1 rings (SSSR count). The summed E-state index contributed by atoms with van der Waals surface area (Å²) >= 11 is 0.517. The molecule has 0 unspecified atom stereocenters. The van der Waals surface area contributed by atoms with Crippen LogP contribution in [0.5, 0.6) is 0 Å². The van der Waals surface area contributed by atoms with Crippen LogP contribution in [-0.2, 0) is 0 Å². The Morgan fingerprint density at radius 1 is 0.952 bits per heavy atom. The Bertz CT molecular complexity index is 407. The van der Waals surface area contributed by atoms with Gasteiger partial charge in [-0.1, -0.05) is 0 Å². The van der Waals surface area contributed by atoms with Gasteiger partial charge >= 0.3 is 139 Å². The van der Waals surface area contributed by atoms with E-state index in [0.717, 1.165) is 6.71 Å². The van der Waals surface area contributed by atoms with Crippen LogP contribution in [0.15, 0.2) is 40.3 Å². The topological polar surface area (TPSA) is 0 Å². The van der Waals surface area contributed by atoms with Gasteiger partial charge in [0.25, 0.3) is 0 Å². The fourth-order valence-corrected chi connectivity index (χ4v) is 5.60. The summed E-state index contributed by atoms with van der Waals surface area (Å²) in [5.41, 5.74) is 1.78. The minimum atomic E-state index is 0.517. The van der Waals surface area contributed by atoms with E-state index in [2.05, 4.69) is 58.0 Å². The van der Waals surface area contributed by atoms with Gasteiger partial charge in [-0.05, 0) is 0 Å². The molecule has 0 heterocycles. The molecular formula is C19H31BSe. The Morgan fingerprint density at radius 2 is 1.62 bits per heavy atom. The number of benzene rings is 1. The molecule has 0 nitrogen and oxygen atoms in total. The number of unbranched alkanes of at least 4 members (excludes halogenated alkanes) is 2. The van der Waals surface area contributed by atoms with Gasteiger partial charge in [0.05, 0.1) is 0 Å². The fourth-order valence-electron chi connectivity index (χ4n) is 2.94. The zero-order chi connectivity index (χ0) is 15.5. The van der Waals surface area contributed by atoms with Gasteiger partial charge in [-0.2, -0.15) is 0 Å². The second-order valence-electron chi connectivity index (χ2n) is 5.69. The summed E-state index contributed by atoms with van der Waals surface area (Å²) in [5, 5.41) is 0. The van der Waals surface area contributed by atoms with Gasteiger partial charge in [0, 0.05) is 0 Å². The van der Waals surface area contributed by atoms with Gasteiger partial charge in [0.1, 0.15) is 0 Å². The predicted molar refractivity (Wildman–Crippen MR) is 100 cm³/mol. The molecule has 0 aromatic heterocycles. The maximum atomic E-state index is 2.36. The summed E-state index contributed by atoms with van der Waals surface area (Å²) in [6, 6.07) is 11.1. The minimum absolute atomic E-state index is 0.517. The molecule has 0 radical (unpaired) electrons. The van der Waals surface area contributed by atoms with Crippen molar-refractivity contribution >= 4 is 26.1 Å². The van der Waals surface area contributed by atoms with Crippen molar-refractivity contribution in [3.8, 4) is 0 Å². The molecule has 1 aromatic rings. The quantitative estimate of drug-likeness (QED) is 0.395. The summed E-state index contributed by atoms with van der Waals surface area (Å²) in [5.74, 6) is 0. The summed E-state index contributed by atoms with van der Waals surface area (Å²) in [4.78, 5) is 0. The first-order valence-corrected chi connectivity index (χ1v) is 10.4. The van der Waals surface area contributed by atoms with Crippen LogP contribution < -0.4 is 4.46 Å². The normalized spacial score (nSPS) is 12.2. The third-order valence-corrected chi connectivity index (χ3v) is 6.77. The van der Waals surface area contributed by atoms with E-state index in [1.165, 1.54) is 49.2 Å². The second kappa shape index (κ2) is 11.2. The zero-order valence-electron chi connectivity index (χ0n) is 14.3. The van der Waals surface area contributed by atoms with E-state index in [4.69, 9.17) is 0 Å². The molecule has 0 aliphatic carbocycles. The van der Waals surface area contributed by atoms with E-state index in [9.17, 15) is 0 Å². The summed E-state index contributed by atoms with van der Waals surface area (Å²) in [6.07, 6.45) is 9.20. The van der Waals surface area contributed by atoms with Crippen LogP contribution in [0.25, 0.3) is 0 Å². The van der Waals surface area contributed by atoms with Crippen LogP contribution >= 0.6 is 0 Å². The van der Waals surface area contributed by atoms with Crippen LogP contribution in [0, 0.1) is 0 Å². The van der Waals surface area contributed by atoms with Crippen molar-refractivity contribution in [2.75, 3.05) is 0 Å². The van der Waals surface area contributed by atoms with Crippen molar-refractivity contribution in [1.29, 1.82) is 0 Å². The number of hydrogen-bond donors (Lipinski definition) is 0. The molecular weight excluding hydrogens is 318 g/mol. The molecule has 0 N–H and O–H groups in total. The molecule has 0 aliphatic heterocycles. The maximum absolute atomic E-state index is 2.36.